The van der Waals surface area contributed by atoms with Crippen LogP contribution in [0.15, 0.2) is 30.3 Å². The van der Waals surface area contributed by atoms with Crippen LogP contribution in [0.3, 0.4) is 0 Å². The third-order valence-electron chi connectivity index (χ3n) is 2.77. The van der Waals surface area contributed by atoms with Gasteiger partial charge in [-0.05, 0) is 36.8 Å². The molecule has 1 amide bonds. The second-order valence-corrected chi connectivity index (χ2v) is 4.70. The van der Waals surface area contributed by atoms with Gasteiger partial charge in [-0.1, -0.05) is 11.6 Å². The standard InChI is InChI=1S/C14H11ClF2N2O/c1-7-4-8(15)2-3-13(7)19-14(20)9-5-12(18)11(17)6-10(9)16/h2-6H,18H2,1H3,(H,19,20). The summed E-state index contributed by atoms with van der Waals surface area (Å²) in [6, 6.07) is 6.40. The first kappa shape index (κ1) is 14.3. The number of hydrogen-bond donors (Lipinski definition) is 2. The van der Waals surface area contributed by atoms with Crippen molar-refractivity contribution in [1.82, 2.24) is 0 Å². The van der Waals surface area contributed by atoms with Crippen LogP contribution in [0.25, 0.3) is 0 Å². The Labute approximate surface area is 119 Å². The number of carbonyl (C=O) groups excluding carboxylic acids is 1. The van der Waals surface area contributed by atoms with E-state index in [-0.39, 0.29) is 11.3 Å². The predicted octanol–water partition coefficient (Wildman–Crippen LogP) is 3.76. The molecule has 6 heteroatoms. The second kappa shape index (κ2) is 5.46. The summed E-state index contributed by atoms with van der Waals surface area (Å²) in [7, 11) is 0. The van der Waals surface area contributed by atoms with E-state index in [0.717, 1.165) is 11.6 Å². The molecular weight excluding hydrogens is 286 g/mol. The molecule has 2 rings (SSSR count). The third-order valence-corrected chi connectivity index (χ3v) is 3.00. The van der Waals surface area contributed by atoms with Gasteiger partial charge in [-0.3, -0.25) is 4.79 Å². The molecule has 0 saturated heterocycles. The number of hydrogen-bond acceptors (Lipinski definition) is 2. The van der Waals surface area contributed by atoms with Crippen LogP contribution in [0, 0.1) is 18.6 Å². The van der Waals surface area contributed by atoms with E-state index in [2.05, 4.69) is 5.32 Å². The number of nitrogens with one attached hydrogen (secondary N) is 1. The maximum Gasteiger partial charge on any atom is 0.258 e. The summed E-state index contributed by atoms with van der Waals surface area (Å²) in [5.41, 5.74) is 5.93. The van der Waals surface area contributed by atoms with E-state index in [0.29, 0.717) is 16.8 Å². The summed E-state index contributed by atoms with van der Waals surface area (Å²) in [5, 5.41) is 3.05. The van der Waals surface area contributed by atoms with Crippen LogP contribution in [-0.4, -0.2) is 5.91 Å². The fourth-order valence-corrected chi connectivity index (χ4v) is 1.92. The summed E-state index contributed by atoms with van der Waals surface area (Å²) < 4.78 is 26.6. The van der Waals surface area contributed by atoms with Crippen LogP contribution in [0.5, 0.6) is 0 Å². The number of rotatable bonds is 2. The van der Waals surface area contributed by atoms with Crippen LogP contribution in [-0.2, 0) is 0 Å². The molecule has 0 spiro atoms. The SMILES string of the molecule is Cc1cc(Cl)ccc1NC(=O)c1cc(N)c(F)cc1F. The fraction of sp³-hybridized carbons (Fsp3) is 0.0714. The number of benzene rings is 2. The molecule has 2 aromatic carbocycles. The van der Waals surface area contributed by atoms with E-state index in [4.69, 9.17) is 17.3 Å². The van der Waals surface area contributed by atoms with Crippen molar-refractivity contribution in [3.05, 3.63) is 58.1 Å². The number of amides is 1. The lowest BCUT2D eigenvalue weighted by molar-refractivity contribution is 0.102. The molecule has 3 nitrogen and oxygen atoms in total. The van der Waals surface area contributed by atoms with E-state index in [9.17, 15) is 13.6 Å². The van der Waals surface area contributed by atoms with Gasteiger partial charge in [-0.25, -0.2) is 8.78 Å². The maximum absolute atomic E-state index is 13.6. The van der Waals surface area contributed by atoms with Crippen LogP contribution in [0.4, 0.5) is 20.2 Å². The van der Waals surface area contributed by atoms with Crippen molar-refractivity contribution >= 4 is 28.9 Å². The Morgan fingerprint density at radius 1 is 1.20 bits per heavy atom. The molecule has 0 aliphatic carbocycles. The molecule has 0 heterocycles. The minimum Gasteiger partial charge on any atom is -0.396 e. The molecule has 0 bridgehead atoms. The number of anilines is 2. The Morgan fingerprint density at radius 3 is 2.55 bits per heavy atom. The summed E-state index contributed by atoms with van der Waals surface area (Å²) in [4.78, 5) is 12.0. The maximum atomic E-state index is 13.6. The first-order valence-electron chi connectivity index (χ1n) is 5.70. The van der Waals surface area contributed by atoms with Crippen molar-refractivity contribution < 1.29 is 13.6 Å². The number of halogens is 3. The lowest BCUT2D eigenvalue weighted by Gasteiger charge is -2.10. The molecule has 3 N–H and O–H groups in total. The van der Waals surface area contributed by atoms with E-state index in [1.807, 2.05) is 0 Å². The zero-order chi connectivity index (χ0) is 14.9. The lowest BCUT2D eigenvalue weighted by Crippen LogP contribution is -2.15. The van der Waals surface area contributed by atoms with Crippen LogP contribution in [0.1, 0.15) is 15.9 Å². The van der Waals surface area contributed by atoms with Gasteiger partial charge in [-0.15, -0.1) is 0 Å². The van der Waals surface area contributed by atoms with Gasteiger partial charge in [-0.2, -0.15) is 0 Å². The highest BCUT2D eigenvalue weighted by Gasteiger charge is 2.15. The number of nitrogen functional groups attached to an aromatic ring is 1. The van der Waals surface area contributed by atoms with Crippen LogP contribution >= 0.6 is 11.6 Å². The van der Waals surface area contributed by atoms with Gasteiger partial charge in [0.2, 0.25) is 0 Å². The molecule has 0 saturated carbocycles. The van der Waals surface area contributed by atoms with Crippen molar-refractivity contribution in [3.8, 4) is 0 Å². The van der Waals surface area contributed by atoms with Crippen molar-refractivity contribution in [3.63, 3.8) is 0 Å². The Bertz CT molecular complexity index is 689. The zero-order valence-electron chi connectivity index (χ0n) is 10.5. The first-order valence-corrected chi connectivity index (χ1v) is 6.08. The van der Waals surface area contributed by atoms with Crippen molar-refractivity contribution in [1.29, 1.82) is 0 Å². The molecule has 0 radical (unpaired) electrons. The lowest BCUT2D eigenvalue weighted by atomic mass is 10.1. The minimum atomic E-state index is -0.971. The average Bonchev–Trinajstić information content (AvgIpc) is 2.37. The van der Waals surface area contributed by atoms with Gasteiger partial charge >= 0.3 is 0 Å². The molecule has 2 aromatic rings. The zero-order valence-corrected chi connectivity index (χ0v) is 11.3. The Balaban J connectivity index is 2.31. The monoisotopic (exact) mass is 296 g/mol. The molecule has 0 aromatic heterocycles. The summed E-state index contributed by atoms with van der Waals surface area (Å²) >= 11 is 5.80. The molecule has 0 unspecified atom stereocenters. The highest BCUT2D eigenvalue weighted by atomic mass is 35.5. The molecule has 0 aliphatic heterocycles. The highest BCUT2D eigenvalue weighted by Crippen LogP contribution is 2.22. The summed E-state index contributed by atoms with van der Waals surface area (Å²) in [5.74, 6) is -2.58. The quantitative estimate of drug-likeness (QED) is 0.829. The van der Waals surface area contributed by atoms with E-state index in [1.165, 1.54) is 0 Å². The van der Waals surface area contributed by atoms with Gasteiger partial charge in [0.05, 0.1) is 11.3 Å². The summed E-state index contributed by atoms with van der Waals surface area (Å²) in [6.45, 7) is 1.75. The summed E-state index contributed by atoms with van der Waals surface area (Å²) in [6.07, 6.45) is 0. The molecule has 0 atom stereocenters. The van der Waals surface area contributed by atoms with Crippen molar-refractivity contribution in [2.24, 2.45) is 0 Å². The van der Waals surface area contributed by atoms with Gasteiger partial charge in [0.1, 0.15) is 11.6 Å². The smallest absolute Gasteiger partial charge is 0.258 e. The van der Waals surface area contributed by atoms with Gasteiger partial charge in [0, 0.05) is 16.8 Å². The normalized spacial score (nSPS) is 10.4. The highest BCUT2D eigenvalue weighted by molar-refractivity contribution is 6.30. The minimum absolute atomic E-state index is 0.288. The van der Waals surface area contributed by atoms with E-state index >= 15 is 0 Å². The molecular formula is C14H11ClF2N2O. The predicted molar refractivity (Wildman–Crippen MR) is 74.9 cm³/mol. The molecule has 0 fully saturated rings. The van der Waals surface area contributed by atoms with Crippen LogP contribution in [0.2, 0.25) is 5.02 Å². The topological polar surface area (TPSA) is 55.1 Å². The third kappa shape index (κ3) is 2.88. The Morgan fingerprint density at radius 2 is 1.90 bits per heavy atom. The number of nitrogens with two attached hydrogens (primary N) is 1. The fourth-order valence-electron chi connectivity index (χ4n) is 1.70. The Kier molecular flexibility index (Phi) is 3.90. The van der Waals surface area contributed by atoms with Gasteiger partial charge in [0.25, 0.3) is 5.91 Å². The second-order valence-electron chi connectivity index (χ2n) is 4.27. The van der Waals surface area contributed by atoms with Crippen molar-refractivity contribution in [2.75, 3.05) is 11.1 Å². The van der Waals surface area contributed by atoms with Gasteiger partial charge < -0.3 is 11.1 Å². The number of carbonyl (C=O) groups is 1. The molecule has 0 aliphatic rings. The largest absolute Gasteiger partial charge is 0.396 e. The van der Waals surface area contributed by atoms with E-state index < -0.39 is 17.5 Å². The van der Waals surface area contributed by atoms with E-state index in [1.54, 1.807) is 25.1 Å². The molecule has 20 heavy (non-hydrogen) atoms. The molecule has 104 valence electrons. The number of aryl methyl sites for hydroxylation is 1. The van der Waals surface area contributed by atoms with Crippen molar-refractivity contribution in [2.45, 2.75) is 6.92 Å². The average molecular weight is 297 g/mol. The Hall–Kier alpha value is -2.14. The van der Waals surface area contributed by atoms with Gasteiger partial charge in [0.15, 0.2) is 0 Å². The first-order chi connectivity index (χ1) is 9.38. The van der Waals surface area contributed by atoms with Crippen LogP contribution < -0.4 is 11.1 Å².